The molecule has 0 spiro atoms. The van der Waals surface area contributed by atoms with Crippen molar-refractivity contribution in [3.63, 3.8) is 0 Å². The summed E-state index contributed by atoms with van der Waals surface area (Å²) in [6.07, 6.45) is 1.62. The first-order chi connectivity index (χ1) is 12.1. The largest absolute Gasteiger partial charge is 0.383 e. The number of anilines is 2. The van der Waals surface area contributed by atoms with Crippen LogP contribution in [0, 0.1) is 0 Å². The van der Waals surface area contributed by atoms with Crippen LogP contribution in [0.1, 0.15) is 26.3 Å². The quantitative estimate of drug-likeness (QED) is 0.776. The average molecular weight is 377 g/mol. The molecule has 0 aliphatic carbocycles. The molecule has 0 unspecified atom stereocenters. The fourth-order valence-electron chi connectivity index (χ4n) is 2.31. The van der Waals surface area contributed by atoms with Crippen LogP contribution in [-0.4, -0.2) is 45.5 Å². The van der Waals surface area contributed by atoms with Crippen molar-refractivity contribution in [1.82, 2.24) is 9.88 Å². The molecule has 2 N–H and O–H groups in total. The van der Waals surface area contributed by atoms with Gasteiger partial charge in [0, 0.05) is 13.1 Å². The Hall–Kier alpha value is -2.12. The maximum Gasteiger partial charge on any atom is 0.263 e. The minimum absolute atomic E-state index is 0.0211. The Morgan fingerprint density at radius 2 is 1.69 bits per heavy atom. The monoisotopic (exact) mass is 376 g/mol. The number of pyridine rings is 1. The first-order valence-corrected chi connectivity index (χ1v) is 10.0. The van der Waals surface area contributed by atoms with E-state index in [0.717, 1.165) is 24.3 Å². The molecule has 0 saturated carbocycles. The van der Waals surface area contributed by atoms with Gasteiger partial charge in [0.05, 0.1) is 16.8 Å². The number of nitrogens with one attached hydrogen (secondary N) is 2. The molecule has 2 rings (SSSR count). The average Bonchev–Trinajstić information content (AvgIpc) is 2.55. The fraction of sp³-hybridized carbons (Fsp3) is 0.421. The van der Waals surface area contributed by atoms with Crippen LogP contribution in [0.4, 0.5) is 11.5 Å². The molecule has 1 aromatic carbocycles. The number of likely N-dealkylation sites (N-methyl/N-ethyl adjacent to an activating group) is 1. The second kappa shape index (κ2) is 8.05. The van der Waals surface area contributed by atoms with Crippen LogP contribution in [0.5, 0.6) is 0 Å². The minimum atomic E-state index is -3.66. The Labute approximate surface area is 156 Å². The van der Waals surface area contributed by atoms with Gasteiger partial charge in [0.15, 0.2) is 0 Å². The lowest BCUT2D eigenvalue weighted by Crippen LogP contribution is -2.20. The highest BCUT2D eigenvalue weighted by molar-refractivity contribution is 7.92. The van der Waals surface area contributed by atoms with Gasteiger partial charge in [0.2, 0.25) is 0 Å². The molecule has 0 radical (unpaired) electrons. The first kappa shape index (κ1) is 20.2. The first-order valence-electron chi connectivity index (χ1n) is 8.56. The van der Waals surface area contributed by atoms with Gasteiger partial charge in [-0.2, -0.15) is 0 Å². The molecule has 2 aromatic rings. The standard InChI is InChI=1S/C19H28N4O2S/c1-19(2,3)15-6-9-17(10-7-15)26(24,25)22-18-11-8-16(14-21-18)20-12-13-23(4)5/h6-11,14,20H,12-13H2,1-5H3,(H,21,22). The Balaban J connectivity index is 2.04. The van der Waals surface area contributed by atoms with Crippen LogP contribution >= 0.6 is 0 Å². The van der Waals surface area contributed by atoms with Crippen molar-refractivity contribution in [3.05, 3.63) is 48.2 Å². The van der Waals surface area contributed by atoms with Gasteiger partial charge in [0.25, 0.3) is 10.0 Å². The summed E-state index contributed by atoms with van der Waals surface area (Å²) in [5.41, 5.74) is 1.92. The van der Waals surface area contributed by atoms with Crippen LogP contribution in [0.15, 0.2) is 47.5 Å². The Morgan fingerprint density at radius 3 is 2.19 bits per heavy atom. The summed E-state index contributed by atoms with van der Waals surface area (Å²) >= 11 is 0. The third-order valence-electron chi connectivity index (χ3n) is 3.92. The number of aromatic nitrogens is 1. The predicted octanol–water partition coefficient (Wildman–Crippen LogP) is 3.15. The molecule has 0 fully saturated rings. The summed E-state index contributed by atoms with van der Waals surface area (Å²) in [5.74, 6) is 0.294. The molecule has 0 amide bonds. The molecule has 0 saturated heterocycles. The number of rotatable bonds is 7. The van der Waals surface area contributed by atoms with E-state index in [9.17, 15) is 8.42 Å². The van der Waals surface area contributed by atoms with Gasteiger partial charge in [-0.25, -0.2) is 13.4 Å². The minimum Gasteiger partial charge on any atom is -0.383 e. The number of hydrogen-bond acceptors (Lipinski definition) is 5. The number of nitrogens with zero attached hydrogens (tertiary/aromatic N) is 2. The summed E-state index contributed by atoms with van der Waals surface area (Å²) in [7, 11) is 0.355. The number of benzene rings is 1. The fourth-order valence-corrected chi connectivity index (χ4v) is 3.32. The van der Waals surface area contributed by atoms with Gasteiger partial charge in [-0.3, -0.25) is 4.72 Å². The van der Waals surface area contributed by atoms with Crippen LogP contribution in [0.25, 0.3) is 0 Å². The summed E-state index contributed by atoms with van der Waals surface area (Å²) in [5, 5.41) is 3.24. The van der Waals surface area contributed by atoms with Crippen LogP contribution in [-0.2, 0) is 15.4 Å². The summed E-state index contributed by atoms with van der Waals surface area (Å²) in [6, 6.07) is 10.4. The molecule has 0 aliphatic rings. The highest BCUT2D eigenvalue weighted by atomic mass is 32.2. The molecule has 0 aliphatic heterocycles. The highest BCUT2D eigenvalue weighted by Gasteiger charge is 2.18. The summed E-state index contributed by atoms with van der Waals surface area (Å²) < 4.78 is 27.6. The normalized spacial score (nSPS) is 12.2. The SMILES string of the molecule is CN(C)CCNc1ccc(NS(=O)(=O)c2ccc(C(C)(C)C)cc2)nc1. The molecule has 142 valence electrons. The summed E-state index contributed by atoms with van der Waals surface area (Å²) in [6.45, 7) is 7.96. The zero-order chi connectivity index (χ0) is 19.4. The van der Waals surface area contributed by atoms with E-state index in [4.69, 9.17) is 0 Å². The Morgan fingerprint density at radius 1 is 1.04 bits per heavy atom. The zero-order valence-corrected chi connectivity index (χ0v) is 16.9. The van der Waals surface area contributed by atoms with E-state index in [-0.39, 0.29) is 10.3 Å². The molecule has 0 bridgehead atoms. The van der Waals surface area contributed by atoms with Crippen molar-refractivity contribution in [2.45, 2.75) is 31.1 Å². The van der Waals surface area contributed by atoms with Gasteiger partial charge >= 0.3 is 0 Å². The maximum atomic E-state index is 12.5. The van der Waals surface area contributed by atoms with Crippen molar-refractivity contribution in [2.24, 2.45) is 0 Å². The number of sulfonamides is 1. The third-order valence-corrected chi connectivity index (χ3v) is 5.29. The van der Waals surface area contributed by atoms with Crippen molar-refractivity contribution in [1.29, 1.82) is 0 Å². The van der Waals surface area contributed by atoms with Crippen molar-refractivity contribution < 1.29 is 8.42 Å². The summed E-state index contributed by atoms with van der Waals surface area (Å²) in [4.78, 5) is 6.48. The van der Waals surface area contributed by atoms with E-state index < -0.39 is 10.0 Å². The van der Waals surface area contributed by atoms with E-state index in [1.54, 1.807) is 24.4 Å². The Bertz CT molecular complexity index is 808. The van der Waals surface area contributed by atoms with Gasteiger partial charge in [0.1, 0.15) is 5.82 Å². The van der Waals surface area contributed by atoms with Crippen LogP contribution in [0.2, 0.25) is 0 Å². The van der Waals surface area contributed by atoms with E-state index in [1.807, 2.05) is 32.3 Å². The number of hydrogen-bond donors (Lipinski definition) is 2. The van der Waals surface area contributed by atoms with Crippen LogP contribution < -0.4 is 10.0 Å². The lowest BCUT2D eigenvalue weighted by atomic mass is 9.87. The maximum absolute atomic E-state index is 12.5. The van der Waals surface area contributed by atoms with Gasteiger partial charge in [-0.15, -0.1) is 0 Å². The van der Waals surface area contributed by atoms with Crippen molar-refractivity contribution in [2.75, 3.05) is 37.2 Å². The van der Waals surface area contributed by atoms with Crippen LogP contribution in [0.3, 0.4) is 0 Å². The third kappa shape index (κ3) is 5.71. The smallest absolute Gasteiger partial charge is 0.263 e. The van der Waals surface area contributed by atoms with Crippen molar-refractivity contribution in [3.8, 4) is 0 Å². The zero-order valence-electron chi connectivity index (χ0n) is 16.1. The van der Waals surface area contributed by atoms with Gasteiger partial charge in [-0.05, 0) is 49.3 Å². The van der Waals surface area contributed by atoms with Gasteiger partial charge in [-0.1, -0.05) is 32.9 Å². The van der Waals surface area contributed by atoms with E-state index in [1.165, 1.54) is 0 Å². The molecule has 7 heteroatoms. The molecule has 26 heavy (non-hydrogen) atoms. The van der Waals surface area contributed by atoms with E-state index in [0.29, 0.717) is 5.82 Å². The molecular weight excluding hydrogens is 348 g/mol. The highest BCUT2D eigenvalue weighted by Crippen LogP contribution is 2.24. The second-order valence-electron chi connectivity index (χ2n) is 7.54. The molecular formula is C19H28N4O2S. The predicted molar refractivity (Wildman–Crippen MR) is 107 cm³/mol. The molecule has 1 aromatic heterocycles. The molecule has 1 heterocycles. The van der Waals surface area contributed by atoms with Crippen molar-refractivity contribution >= 4 is 21.5 Å². The molecule has 6 nitrogen and oxygen atoms in total. The topological polar surface area (TPSA) is 74.3 Å². The molecule has 0 atom stereocenters. The lowest BCUT2D eigenvalue weighted by Gasteiger charge is -2.19. The Kier molecular flexibility index (Phi) is 6.26. The van der Waals surface area contributed by atoms with Gasteiger partial charge < -0.3 is 10.2 Å². The lowest BCUT2D eigenvalue weighted by molar-refractivity contribution is 0.425. The van der Waals surface area contributed by atoms with E-state index >= 15 is 0 Å². The second-order valence-corrected chi connectivity index (χ2v) is 9.22. The van der Waals surface area contributed by atoms with E-state index in [2.05, 4.69) is 40.7 Å².